The minimum Gasteiger partial charge on any atom is -0.487 e. The standard InChI is InChI=1S/C20H27FN4O3S/c1-23-14-20(22-15-23)29(26,27)25-12-6-16(7-13-25)24-10-8-17(9-11-24)28-19-5-3-2-4-18(19)21/h2-5,14-17H,6-13H2,1H3. The van der Waals surface area contributed by atoms with Gasteiger partial charge in [-0.2, -0.15) is 4.31 Å². The zero-order valence-electron chi connectivity index (χ0n) is 16.6. The largest absolute Gasteiger partial charge is 0.487 e. The number of likely N-dealkylation sites (tertiary alicyclic amines) is 1. The number of aromatic nitrogens is 2. The van der Waals surface area contributed by atoms with Crippen molar-refractivity contribution in [2.24, 2.45) is 7.05 Å². The van der Waals surface area contributed by atoms with E-state index in [1.165, 1.54) is 12.4 Å². The van der Waals surface area contributed by atoms with Gasteiger partial charge in [0.1, 0.15) is 6.10 Å². The number of sulfonamides is 1. The molecule has 2 aliphatic heterocycles. The summed E-state index contributed by atoms with van der Waals surface area (Å²) in [4.78, 5) is 6.43. The fourth-order valence-corrected chi connectivity index (χ4v) is 5.62. The third kappa shape index (κ3) is 4.46. The van der Waals surface area contributed by atoms with Crippen LogP contribution in [0.4, 0.5) is 4.39 Å². The Kier molecular flexibility index (Phi) is 5.89. The van der Waals surface area contributed by atoms with Crippen LogP contribution in [0, 0.1) is 5.82 Å². The molecule has 2 fully saturated rings. The Balaban J connectivity index is 1.27. The van der Waals surface area contributed by atoms with Gasteiger partial charge in [-0.25, -0.2) is 17.8 Å². The van der Waals surface area contributed by atoms with E-state index in [1.807, 2.05) is 0 Å². The average molecular weight is 423 g/mol. The van der Waals surface area contributed by atoms with Crippen LogP contribution in [0.3, 0.4) is 0 Å². The van der Waals surface area contributed by atoms with Crippen molar-refractivity contribution < 1.29 is 17.5 Å². The minimum atomic E-state index is -3.52. The van der Waals surface area contributed by atoms with Crippen molar-refractivity contribution in [2.45, 2.75) is 42.9 Å². The van der Waals surface area contributed by atoms with Crippen molar-refractivity contribution in [1.82, 2.24) is 18.8 Å². The smallest absolute Gasteiger partial charge is 0.262 e. The van der Waals surface area contributed by atoms with Gasteiger partial charge in [0.05, 0.1) is 6.33 Å². The van der Waals surface area contributed by atoms with E-state index in [9.17, 15) is 12.8 Å². The van der Waals surface area contributed by atoms with E-state index < -0.39 is 10.0 Å². The molecule has 7 nitrogen and oxygen atoms in total. The molecule has 3 heterocycles. The van der Waals surface area contributed by atoms with Crippen molar-refractivity contribution >= 4 is 10.0 Å². The van der Waals surface area contributed by atoms with Gasteiger partial charge in [0.15, 0.2) is 16.6 Å². The van der Waals surface area contributed by atoms with Crippen LogP contribution in [0.1, 0.15) is 25.7 Å². The lowest BCUT2D eigenvalue weighted by molar-refractivity contribution is 0.0567. The lowest BCUT2D eigenvalue weighted by atomic mass is 10.00. The molecule has 2 aliphatic rings. The number of benzene rings is 1. The Morgan fingerprint density at radius 3 is 2.38 bits per heavy atom. The Labute approximate surface area is 171 Å². The van der Waals surface area contributed by atoms with Crippen molar-refractivity contribution in [3.8, 4) is 5.75 Å². The second kappa shape index (κ2) is 8.41. The molecule has 29 heavy (non-hydrogen) atoms. The van der Waals surface area contributed by atoms with E-state index in [4.69, 9.17) is 4.74 Å². The van der Waals surface area contributed by atoms with E-state index in [1.54, 1.807) is 40.3 Å². The second-order valence-electron chi connectivity index (χ2n) is 7.80. The Hall–Kier alpha value is -1.97. The van der Waals surface area contributed by atoms with Crippen LogP contribution in [0.2, 0.25) is 0 Å². The Morgan fingerprint density at radius 1 is 1.07 bits per heavy atom. The van der Waals surface area contributed by atoms with Crippen LogP contribution < -0.4 is 4.74 Å². The summed E-state index contributed by atoms with van der Waals surface area (Å²) < 4.78 is 48.2. The van der Waals surface area contributed by atoms with Gasteiger partial charge in [0, 0.05) is 45.5 Å². The lowest BCUT2D eigenvalue weighted by Crippen LogP contribution is -2.50. The maximum Gasteiger partial charge on any atom is 0.262 e. The summed E-state index contributed by atoms with van der Waals surface area (Å²) in [6.45, 7) is 2.79. The van der Waals surface area contributed by atoms with E-state index in [0.29, 0.717) is 24.9 Å². The van der Waals surface area contributed by atoms with Crippen molar-refractivity contribution in [3.63, 3.8) is 0 Å². The SMILES string of the molecule is Cn1cnc(S(=O)(=O)N2CCC(N3CCC(Oc4ccccc4F)CC3)CC2)c1. The number of aryl methyl sites for hydroxylation is 1. The van der Waals surface area contributed by atoms with Gasteiger partial charge in [0.25, 0.3) is 10.0 Å². The molecule has 0 N–H and O–H groups in total. The predicted molar refractivity (Wildman–Crippen MR) is 107 cm³/mol. The quantitative estimate of drug-likeness (QED) is 0.739. The normalized spacial score (nSPS) is 20.8. The predicted octanol–water partition coefficient (Wildman–Crippen LogP) is 2.26. The van der Waals surface area contributed by atoms with Crippen LogP contribution in [0.15, 0.2) is 41.8 Å². The van der Waals surface area contributed by atoms with Gasteiger partial charge in [-0.05, 0) is 37.8 Å². The molecule has 4 rings (SSSR count). The summed E-state index contributed by atoms with van der Waals surface area (Å²) in [5.41, 5.74) is 0. The number of para-hydroxylation sites is 1. The molecule has 1 aromatic carbocycles. The zero-order valence-corrected chi connectivity index (χ0v) is 17.4. The number of hydrogen-bond acceptors (Lipinski definition) is 5. The highest BCUT2D eigenvalue weighted by Crippen LogP contribution is 2.27. The van der Waals surface area contributed by atoms with Gasteiger partial charge in [0.2, 0.25) is 0 Å². The molecule has 9 heteroatoms. The number of imidazole rings is 1. The van der Waals surface area contributed by atoms with Crippen LogP contribution in [-0.4, -0.2) is 65.5 Å². The second-order valence-corrected chi connectivity index (χ2v) is 9.68. The van der Waals surface area contributed by atoms with Crippen LogP contribution in [0.5, 0.6) is 5.75 Å². The summed E-state index contributed by atoms with van der Waals surface area (Å²) in [5, 5.41) is 0.115. The average Bonchev–Trinajstić information content (AvgIpc) is 3.18. The van der Waals surface area contributed by atoms with Crippen molar-refractivity contribution in [3.05, 3.63) is 42.6 Å². The van der Waals surface area contributed by atoms with Gasteiger partial charge in [-0.1, -0.05) is 12.1 Å². The summed E-state index contributed by atoms with van der Waals surface area (Å²) in [7, 11) is -1.75. The molecule has 2 saturated heterocycles. The molecule has 0 bridgehead atoms. The van der Waals surface area contributed by atoms with E-state index in [2.05, 4.69) is 9.88 Å². The fraction of sp³-hybridized carbons (Fsp3) is 0.550. The lowest BCUT2D eigenvalue weighted by Gasteiger charge is -2.41. The molecule has 0 atom stereocenters. The molecule has 0 unspecified atom stereocenters. The summed E-state index contributed by atoms with van der Waals surface area (Å²) in [5.74, 6) is -0.00426. The number of rotatable bonds is 5. The fourth-order valence-electron chi connectivity index (χ4n) is 4.18. The molecular weight excluding hydrogens is 395 g/mol. The molecule has 0 saturated carbocycles. The molecular formula is C20H27FN4O3S. The third-order valence-corrected chi connectivity index (χ3v) is 7.62. The van der Waals surface area contributed by atoms with Gasteiger partial charge < -0.3 is 14.2 Å². The van der Waals surface area contributed by atoms with E-state index in [-0.39, 0.29) is 16.9 Å². The number of ether oxygens (including phenoxy) is 1. The summed E-state index contributed by atoms with van der Waals surface area (Å²) >= 11 is 0. The molecule has 1 aromatic heterocycles. The van der Waals surface area contributed by atoms with Crippen LogP contribution >= 0.6 is 0 Å². The van der Waals surface area contributed by atoms with Gasteiger partial charge >= 0.3 is 0 Å². The molecule has 0 amide bonds. The maximum absolute atomic E-state index is 13.8. The van der Waals surface area contributed by atoms with E-state index >= 15 is 0 Å². The summed E-state index contributed by atoms with van der Waals surface area (Å²) in [6.07, 6.45) is 6.39. The third-order valence-electron chi connectivity index (χ3n) is 5.83. The zero-order chi connectivity index (χ0) is 20.4. The van der Waals surface area contributed by atoms with Crippen LogP contribution in [0.25, 0.3) is 0 Å². The monoisotopic (exact) mass is 422 g/mol. The topological polar surface area (TPSA) is 67.7 Å². The molecule has 0 spiro atoms. The van der Waals surface area contributed by atoms with Gasteiger partial charge in [-0.3, -0.25) is 0 Å². The molecule has 2 aromatic rings. The maximum atomic E-state index is 13.8. The van der Waals surface area contributed by atoms with Crippen LogP contribution in [-0.2, 0) is 17.1 Å². The first-order valence-electron chi connectivity index (χ1n) is 10.1. The number of hydrogen-bond donors (Lipinski definition) is 0. The Bertz CT molecular complexity index is 933. The molecule has 0 radical (unpaired) electrons. The molecule has 158 valence electrons. The van der Waals surface area contributed by atoms with E-state index in [0.717, 1.165) is 38.8 Å². The first-order chi connectivity index (χ1) is 13.9. The van der Waals surface area contributed by atoms with Crippen molar-refractivity contribution in [2.75, 3.05) is 26.2 Å². The highest BCUT2D eigenvalue weighted by molar-refractivity contribution is 7.89. The highest BCUT2D eigenvalue weighted by Gasteiger charge is 2.34. The summed E-state index contributed by atoms with van der Waals surface area (Å²) in [6, 6.07) is 6.89. The highest BCUT2D eigenvalue weighted by atomic mass is 32.2. The number of halogens is 1. The number of piperidine rings is 2. The molecule has 0 aliphatic carbocycles. The first-order valence-corrected chi connectivity index (χ1v) is 11.5. The Morgan fingerprint density at radius 2 is 1.76 bits per heavy atom. The first kappa shape index (κ1) is 20.3. The van der Waals surface area contributed by atoms with Gasteiger partial charge in [-0.15, -0.1) is 0 Å². The minimum absolute atomic E-state index is 0.0211. The van der Waals surface area contributed by atoms with Crippen molar-refractivity contribution in [1.29, 1.82) is 0 Å². The number of nitrogens with zero attached hydrogens (tertiary/aromatic N) is 4.